The lowest BCUT2D eigenvalue weighted by Crippen LogP contribution is -2.30. The van der Waals surface area contributed by atoms with E-state index in [0.717, 1.165) is 0 Å². The number of rotatable bonds is 5. The number of oxazole rings is 1. The molecule has 0 fully saturated rings. The average molecular weight is 378 g/mol. The fourth-order valence-corrected chi connectivity index (χ4v) is 2.39. The summed E-state index contributed by atoms with van der Waals surface area (Å²) in [5.74, 6) is -0.665. The van der Waals surface area contributed by atoms with Crippen molar-refractivity contribution in [2.45, 2.75) is 6.42 Å². The zero-order chi connectivity index (χ0) is 18.5. The van der Waals surface area contributed by atoms with Gasteiger partial charge in [-0.25, -0.2) is 18.6 Å². The van der Waals surface area contributed by atoms with Crippen LogP contribution in [0.4, 0.5) is 19.3 Å². The second-order valence-electron chi connectivity index (χ2n) is 5.38. The highest BCUT2D eigenvalue weighted by molar-refractivity contribution is 6.31. The summed E-state index contributed by atoms with van der Waals surface area (Å²) in [4.78, 5) is 16.1. The zero-order valence-electron chi connectivity index (χ0n) is 13.4. The normalized spacial score (nSPS) is 10.6. The highest BCUT2D eigenvalue weighted by atomic mass is 35.5. The number of hydrogen-bond donors (Lipinski definition) is 2. The van der Waals surface area contributed by atoms with Crippen LogP contribution in [0.5, 0.6) is 0 Å². The van der Waals surface area contributed by atoms with Gasteiger partial charge in [0.15, 0.2) is 5.82 Å². The number of amides is 2. The first-order valence-electron chi connectivity index (χ1n) is 7.72. The van der Waals surface area contributed by atoms with Gasteiger partial charge in [-0.3, -0.25) is 0 Å². The third-order valence-electron chi connectivity index (χ3n) is 3.51. The Bertz CT molecular complexity index is 913. The number of halogens is 3. The zero-order valence-corrected chi connectivity index (χ0v) is 14.2. The van der Waals surface area contributed by atoms with Gasteiger partial charge in [0.1, 0.15) is 12.1 Å². The van der Waals surface area contributed by atoms with Gasteiger partial charge in [-0.1, -0.05) is 17.7 Å². The molecule has 1 heterocycles. The Morgan fingerprint density at radius 3 is 2.69 bits per heavy atom. The third kappa shape index (κ3) is 4.37. The van der Waals surface area contributed by atoms with Gasteiger partial charge >= 0.3 is 6.03 Å². The van der Waals surface area contributed by atoms with Crippen molar-refractivity contribution in [1.29, 1.82) is 0 Å². The number of anilines is 1. The Morgan fingerprint density at radius 2 is 1.92 bits per heavy atom. The molecule has 3 rings (SSSR count). The summed E-state index contributed by atoms with van der Waals surface area (Å²) in [6.45, 7) is 0.267. The first kappa shape index (κ1) is 17.9. The summed E-state index contributed by atoms with van der Waals surface area (Å²) >= 11 is 5.66. The molecule has 0 radical (unpaired) electrons. The number of urea groups is 1. The molecule has 0 aliphatic rings. The van der Waals surface area contributed by atoms with Crippen molar-refractivity contribution in [3.8, 4) is 11.5 Å². The molecule has 2 N–H and O–H groups in total. The van der Waals surface area contributed by atoms with E-state index in [1.807, 2.05) is 0 Å². The standard InChI is InChI=1S/C18H14ClF2N3O2/c19-14-2-1-3-15(16(14)21)24-18(25)22-9-8-13-10-26-17(23-13)11-4-6-12(20)7-5-11/h1-7,10H,8-9H2,(H2,22,24,25). The van der Waals surface area contributed by atoms with Crippen molar-refractivity contribution in [3.63, 3.8) is 0 Å². The van der Waals surface area contributed by atoms with Crippen LogP contribution in [-0.4, -0.2) is 17.6 Å². The Labute approximate surface area is 153 Å². The van der Waals surface area contributed by atoms with E-state index in [9.17, 15) is 13.6 Å². The minimum absolute atomic E-state index is 0.00460. The van der Waals surface area contributed by atoms with Crippen molar-refractivity contribution in [1.82, 2.24) is 10.3 Å². The number of carbonyl (C=O) groups is 1. The molecular weight excluding hydrogens is 364 g/mol. The van der Waals surface area contributed by atoms with Crippen molar-refractivity contribution < 1.29 is 18.0 Å². The molecule has 3 aromatic rings. The largest absolute Gasteiger partial charge is 0.444 e. The first-order valence-corrected chi connectivity index (χ1v) is 8.10. The Balaban J connectivity index is 1.51. The monoisotopic (exact) mass is 377 g/mol. The molecule has 0 aliphatic heterocycles. The number of carbonyl (C=O) groups excluding carboxylic acids is 1. The Morgan fingerprint density at radius 1 is 1.15 bits per heavy atom. The lowest BCUT2D eigenvalue weighted by atomic mass is 10.2. The molecule has 26 heavy (non-hydrogen) atoms. The van der Waals surface area contributed by atoms with Gasteiger partial charge in [-0.15, -0.1) is 0 Å². The maximum Gasteiger partial charge on any atom is 0.319 e. The molecule has 0 unspecified atom stereocenters. The molecular formula is C18H14ClF2N3O2. The van der Waals surface area contributed by atoms with Gasteiger partial charge in [0.2, 0.25) is 5.89 Å². The fourth-order valence-electron chi connectivity index (χ4n) is 2.22. The van der Waals surface area contributed by atoms with E-state index in [-0.39, 0.29) is 23.1 Å². The highest BCUT2D eigenvalue weighted by Gasteiger charge is 2.10. The molecule has 0 saturated carbocycles. The quantitative estimate of drug-likeness (QED) is 0.680. The molecule has 0 aliphatic carbocycles. The number of hydrogen-bond acceptors (Lipinski definition) is 3. The molecule has 0 atom stereocenters. The van der Waals surface area contributed by atoms with Gasteiger partial charge < -0.3 is 15.1 Å². The number of benzene rings is 2. The summed E-state index contributed by atoms with van der Waals surface area (Å²) in [7, 11) is 0. The molecule has 0 saturated heterocycles. The summed E-state index contributed by atoms with van der Waals surface area (Å²) in [5, 5.41) is 4.91. The second kappa shape index (κ2) is 7.97. The molecule has 5 nitrogen and oxygen atoms in total. The van der Waals surface area contributed by atoms with Gasteiger partial charge in [0.05, 0.1) is 16.4 Å². The van der Waals surface area contributed by atoms with Crippen molar-refractivity contribution >= 4 is 23.3 Å². The van der Waals surface area contributed by atoms with E-state index < -0.39 is 11.8 Å². The lowest BCUT2D eigenvalue weighted by Gasteiger charge is -2.08. The fraction of sp³-hybridized carbons (Fsp3) is 0.111. The second-order valence-corrected chi connectivity index (χ2v) is 5.79. The van der Waals surface area contributed by atoms with E-state index in [0.29, 0.717) is 23.6 Å². The maximum absolute atomic E-state index is 13.7. The van der Waals surface area contributed by atoms with Crippen molar-refractivity contribution in [3.05, 3.63) is 71.1 Å². The topological polar surface area (TPSA) is 67.2 Å². The maximum atomic E-state index is 13.7. The summed E-state index contributed by atoms with van der Waals surface area (Å²) < 4.78 is 32.0. The third-order valence-corrected chi connectivity index (χ3v) is 3.80. The van der Waals surface area contributed by atoms with Gasteiger partial charge in [-0.05, 0) is 36.4 Å². The van der Waals surface area contributed by atoms with Crippen molar-refractivity contribution in [2.75, 3.05) is 11.9 Å². The van der Waals surface area contributed by atoms with Crippen LogP contribution in [0.2, 0.25) is 5.02 Å². The molecule has 1 aromatic heterocycles. The molecule has 2 amide bonds. The number of aromatic nitrogens is 1. The molecule has 0 bridgehead atoms. The van der Waals surface area contributed by atoms with Crippen LogP contribution in [0.25, 0.3) is 11.5 Å². The van der Waals surface area contributed by atoms with E-state index in [1.54, 1.807) is 12.1 Å². The van der Waals surface area contributed by atoms with Gasteiger partial charge in [0.25, 0.3) is 0 Å². The Hall–Kier alpha value is -2.93. The highest BCUT2D eigenvalue weighted by Crippen LogP contribution is 2.22. The smallest absolute Gasteiger partial charge is 0.319 e. The van der Waals surface area contributed by atoms with Crippen LogP contribution in [0.3, 0.4) is 0 Å². The summed E-state index contributed by atoms with van der Waals surface area (Å²) in [5.41, 5.74) is 1.27. The van der Waals surface area contributed by atoms with Crippen LogP contribution in [-0.2, 0) is 6.42 Å². The minimum atomic E-state index is -0.690. The summed E-state index contributed by atoms with van der Waals surface area (Å²) in [6.07, 6.45) is 1.88. The molecule has 134 valence electrons. The van der Waals surface area contributed by atoms with E-state index in [1.165, 1.54) is 36.6 Å². The van der Waals surface area contributed by atoms with Gasteiger partial charge in [-0.2, -0.15) is 0 Å². The average Bonchev–Trinajstić information content (AvgIpc) is 3.08. The van der Waals surface area contributed by atoms with Crippen LogP contribution in [0.15, 0.2) is 53.1 Å². The van der Waals surface area contributed by atoms with Crippen LogP contribution < -0.4 is 10.6 Å². The lowest BCUT2D eigenvalue weighted by molar-refractivity contribution is 0.252. The Kier molecular flexibility index (Phi) is 5.48. The number of nitrogens with one attached hydrogen (secondary N) is 2. The van der Waals surface area contributed by atoms with Crippen LogP contribution >= 0.6 is 11.6 Å². The van der Waals surface area contributed by atoms with E-state index >= 15 is 0 Å². The van der Waals surface area contributed by atoms with Crippen LogP contribution in [0, 0.1) is 11.6 Å². The molecule has 8 heteroatoms. The number of nitrogens with zero attached hydrogens (tertiary/aromatic N) is 1. The predicted molar refractivity (Wildman–Crippen MR) is 94.0 cm³/mol. The summed E-state index contributed by atoms with van der Waals surface area (Å²) in [6, 6.07) is 9.55. The van der Waals surface area contributed by atoms with Crippen LogP contribution in [0.1, 0.15) is 5.69 Å². The SMILES string of the molecule is O=C(NCCc1coc(-c2ccc(F)cc2)n1)Nc1cccc(Cl)c1F. The van der Waals surface area contributed by atoms with Crippen molar-refractivity contribution in [2.24, 2.45) is 0 Å². The van der Waals surface area contributed by atoms with Gasteiger partial charge in [0, 0.05) is 18.5 Å². The van der Waals surface area contributed by atoms with E-state index in [4.69, 9.17) is 16.0 Å². The first-order chi connectivity index (χ1) is 12.5. The minimum Gasteiger partial charge on any atom is -0.444 e. The molecule has 0 spiro atoms. The predicted octanol–water partition coefficient (Wildman–Crippen LogP) is 4.64. The van der Waals surface area contributed by atoms with E-state index in [2.05, 4.69) is 15.6 Å². The molecule has 2 aromatic carbocycles.